The van der Waals surface area contributed by atoms with E-state index < -0.39 is 0 Å². The second kappa shape index (κ2) is 12.5. The average molecular weight is 270 g/mol. The fourth-order valence-electron chi connectivity index (χ4n) is 2.13. The summed E-state index contributed by atoms with van der Waals surface area (Å²) < 4.78 is 5.31. The monoisotopic (exact) mass is 270 g/mol. The Morgan fingerprint density at radius 1 is 0.895 bits per heavy atom. The van der Waals surface area contributed by atoms with E-state index >= 15 is 0 Å². The van der Waals surface area contributed by atoms with Gasteiger partial charge in [0.2, 0.25) is 0 Å². The Morgan fingerprint density at radius 3 is 2.16 bits per heavy atom. The van der Waals surface area contributed by atoms with Crippen LogP contribution in [0.2, 0.25) is 0 Å². The van der Waals surface area contributed by atoms with E-state index in [1.807, 2.05) is 6.92 Å². The number of carbonyl (C=O) groups excluding carboxylic acids is 1. The van der Waals surface area contributed by atoms with Gasteiger partial charge < -0.3 is 4.74 Å². The summed E-state index contributed by atoms with van der Waals surface area (Å²) in [6, 6.07) is 0. The molecule has 0 radical (unpaired) electrons. The van der Waals surface area contributed by atoms with Crippen molar-refractivity contribution >= 4 is 5.97 Å². The first kappa shape index (κ1) is 18.5. The standard InChI is InChI=1S/C17H34O2/c1-5-6-13-16(4)17(18)19-14-11-9-7-8-10-12-15(2)3/h15-16H,5-14H2,1-4H3. The van der Waals surface area contributed by atoms with Gasteiger partial charge in [-0.15, -0.1) is 0 Å². The Kier molecular flexibility index (Phi) is 12.2. The first-order chi connectivity index (χ1) is 9.07. The zero-order valence-corrected chi connectivity index (χ0v) is 13.5. The zero-order valence-electron chi connectivity index (χ0n) is 13.5. The van der Waals surface area contributed by atoms with E-state index in [9.17, 15) is 4.79 Å². The highest BCUT2D eigenvalue weighted by atomic mass is 16.5. The van der Waals surface area contributed by atoms with E-state index in [0.717, 1.165) is 31.6 Å². The lowest BCUT2D eigenvalue weighted by molar-refractivity contribution is -0.148. The van der Waals surface area contributed by atoms with E-state index in [1.54, 1.807) is 0 Å². The molecule has 2 heteroatoms. The highest BCUT2D eigenvalue weighted by molar-refractivity contribution is 5.71. The smallest absolute Gasteiger partial charge is 0.308 e. The van der Waals surface area contributed by atoms with Crippen molar-refractivity contribution in [1.29, 1.82) is 0 Å². The van der Waals surface area contributed by atoms with Gasteiger partial charge >= 0.3 is 5.97 Å². The van der Waals surface area contributed by atoms with Crippen molar-refractivity contribution in [2.45, 2.75) is 85.5 Å². The molecule has 0 rings (SSSR count). The fourth-order valence-corrected chi connectivity index (χ4v) is 2.13. The molecule has 0 heterocycles. The number of rotatable bonds is 12. The van der Waals surface area contributed by atoms with Crippen LogP contribution in [0.4, 0.5) is 0 Å². The van der Waals surface area contributed by atoms with Crippen molar-refractivity contribution in [3.05, 3.63) is 0 Å². The highest BCUT2D eigenvalue weighted by Gasteiger charge is 2.12. The van der Waals surface area contributed by atoms with E-state index in [-0.39, 0.29) is 11.9 Å². The zero-order chi connectivity index (χ0) is 14.5. The van der Waals surface area contributed by atoms with Crippen molar-refractivity contribution in [2.75, 3.05) is 6.61 Å². The molecule has 1 atom stereocenters. The highest BCUT2D eigenvalue weighted by Crippen LogP contribution is 2.12. The van der Waals surface area contributed by atoms with Gasteiger partial charge in [0.05, 0.1) is 12.5 Å². The van der Waals surface area contributed by atoms with Gasteiger partial charge in [-0.25, -0.2) is 0 Å². The average Bonchev–Trinajstić information content (AvgIpc) is 2.38. The van der Waals surface area contributed by atoms with Gasteiger partial charge in [0, 0.05) is 0 Å². The quantitative estimate of drug-likeness (QED) is 0.353. The minimum atomic E-state index is -0.00624. The molecule has 0 aromatic rings. The molecule has 0 aliphatic rings. The second-order valence-corrected chi connectivity index (χ2v) is 6.16. The molecule has 0 saturated carbocycles. The van der Waals surface area contributed by atoms with Crippen LogP contribution < -0.4 is 0 Å². The maximum absolute atomic E-state index is 11.6. The second-order valence-electron chi connectivity index (χ2n) is 6.16. The largest absolute Gasteiger partial charge is 0.465 e. The Bertz CT molecular complexity index is 211. The van der Waals surface area contributed by atoms with Gasteiger partial charge in [0.25, 0.3) is 0 Å². The third kappa shape index (κ3) is 12.3. The molecule has 0 aromatic heterocycles. The number of hydrogen-bond acceptors (Lipinski definition) is 2. The van der Waals surface area contributed by atoms with Crippen LogP contribution in [0.5, 0.6) is 0 Å². The molecular weight excluding hydrogens is 236 g/mol. The SMILES string of the molecule is CCCCC(C)C(=O)OCCCCCCCC(C)C. The van der Waals surface area contributed by atoms with Crippen LogP contribution in [0.3, 0.4) is 0 Å². The van der Waals surface area contributed by atoms with Crippen LogP contribution in [0.1, 0.15) is 85.5 Å². The van der Waals surface area contributed by atoms with Crippen molar-refractivity contribution in [3.63, 3.8) is 0 Å². The molecule has 1 unspecified atom stereocenters. The van der Waals surface area contributed by atoms with Gasteiger partial charge in [0.1, 0.15) is 0 Å². The molecule has 0 saturated heterocycles. The first-order valence-corrected chi connectivity index (χ1v) is 8.24. The van der Waals surface area contributed by atoms with Gasteiger partial charge in [-0.1, -0.05) is 72.6 Å². The predicted molar refractivity (Wildman–Crippen MR) is 82.2 cm³/mol. The number of hydrogen-bond donors (Lipinski definition) is 0. The molecule has 0 aromatic carbocycles. The molecule has 0 fully saturated rings. The molecule has 0 aliphatic carbocycles. The van der Waals surface area contributed by atoms with E-state index in [0.29, 0.717) is 6.61 Å². The van der Waals surface area contributed by atoms with Crippen LogP contribution in [-0.2, 0) is 9.53 Å². The summed E-state index contributed by atoms with van der Waals surface area (Å²) in [6.45, 7) is 9.29. The van der Waals surface area contributed by atoms with Crippen molar-refractivity contribution in [3.8, 4) is 0 Å². The third-order valence-electron chi connectivity index (χ3n) is 3.56. The van der Waals surface area contributed by atoms with Gasteiger partial charge in [-0.3, -0.25) is 4.79 Å². The molecule has 0 bridgehead atoms. The molecule has 0 aliphatic heterocycles. The predicted octanol–water partition coefficient (Wildman–Crippen LogP) is 5.35. The topological polar surface area (TPSA) is 26.3 Å². The van der Waals surface area contributed by atoms with Gasteiger partial charge in [-0.05, 0) is 18.8 Å². The molecular formula is C17H34O2. The van der Waals surface area contributed by atoms with E-state index in [4.69, 9.17) is 4.74 Å². The maximum atomic E-state index is 11.6. The Hall–Kier alpha value is -0.530. The van der Waals surface area contributed by atoms with Crippen molar-refractivity contribution in [1.82, 2.24) is 0 Å². The van der Waals surface area contributed by atoms with Crippen LogP contribution in [-0.4, -0.2) is 12.6 Å². The van der Waals surface area contributed by atoms with E-state index in [2.05, 4.69) is 20.8 Å². The summed E-state index contributed by atoms with van der Waals surface area (Å²) >= 11 is 0. The Morgan fingerprint density at radius 2 is 1.53 bits per heavy atom. The van der Waals surface area contributed by atoms with Crippen molar-refractivity contribution in [2.24, 2.45) is 11.8 Å². The summed E-state index contributed by atoms with van der Waals surface area (Å²) in [5, 5.41) is 0. The molecule has 0 amide bonds. The summed E-state index contributed by atoms with van der Waals surface area (Å²) in [6.07, 6.45) is 10.7. The number of esters is 1. The molecule has 19 heavy (non-hydrogen) atoms. The summed E-state index contributed by atoms with van der Waals surface area (Å²) in [7, 11) is 0. The number of carbonyl (C=O) groups is 1. The fraction of sp³-hybridized carbons (Fsp3) is 0.941. The summed E-state index contributed by atoms with van der Waals surface area (Å²) in [5.41, 5.74) is 0. The molecule has 0 N–H and O–H groups in total. The van der Waals surface area contributed by atoms with Crippen LogP contribution in [0.15, 0.2) is 0 Å². The van der Waals surface area contributed by atoms with E-state index in [1.165, 1.54) is 32.1 Å². The number of ether oxygens (including phenoxy) is 1. The maximum Gasteiger partial charge on any atom is 0.308 e. The summed E-state index contributed by atoms with van der Waals surface area (Å²) in [4.78, 5) is 11.6. The minimum absolute atomic E-state index is 0.00624. The van der Waals surface area contributed by atoms with Crippen LogP contribution in [0.25, 0.3) is 0 Å². The Balaban J connectivity index is 3.31. The number of unbranched alkanes of at least 4 members (excludes halogenated alkanes) is 5. The molecule has 2 nitrogen and oxygen atoms in total. The van der Waals surface area contributed by atoms with Gasteiger partial charge in [-0.2, -0.15) is 0 Å². The normalized spacial score (nSPS) is 12.7. The summed E-state index contributed by atoms with van der Waals surface area (Å²) in [5.74, 6) is 0.893. The van der Waals surface area contributed by atoms with Crippen molar-refractivity contribution < 1.29 is 9.53 Å². The molecule has 0 spiro atoms. The minimum Gasteiger partial charge on any atom is -0.465 e. The molecule has 114 valence electrons. The third-order valence-corrected chi connectivity index (χ3v) is 3.56. The lowest BCUT2D eigenvalue weighted by Crippen LogP contribution is -2.15. The lowest BCUT2D eigenvalue weighted by atomic mass is 10.0. The Labute approximate surface area is 120 Å². The van der Waals surface area contributed by atoms with Crippen LogP contribution >= 0.6 is 0 Å². The lowest BCUT2D eigenvalue weighted by Gasteiger charge is -2.10. The first-order valence-electron chi connectivity index (χ1n) is 8.24. The van der Waals surface area contributed by atoms with Gasteiger partial charge in [0.15, 0.2) is 0 Å². The van der Waals surface area contributed by atoms with Crippen LogP contribution in [0, 0.1) is 11.8 Å².